The quantitative estimate of drug-likeness (QED) is 0.326. The Morgan fingerprint density at radius 2 is 1.78 bits per heavy atom. The lowest BCUT2D eigenvalue weighted by molar-refractivity contribution is -0.132. The number of ether oxygens (including phenoxy) is 1. The van der Waals surface area contributed by atoms with Gasteiger partial charge in [-0.2, -0.15) is 0 Å². The molecule has 0 aromatic heterocycles. The first-order valence-corrected chi connectivity index (χ1v) is 10.2. The van der Waals surface area contributed by atoms with Crippen LogP contribution in [-0.4, -0.2) is 23.9 Å². The highest BCUT2D eigenvalue weighted by Crippen LogP contribution is 2.43. The molecule has 1 aliphatic heterocycles. The van der Waals surface area contributed by atoms with Crippen LogP contribution < -0.4 is 9.64 Å². The van der Waals surface area contributed by atoms with E-state index in [9.17, 15) is 19.1 Å². The zero-order chi connectivity index (χ0) is 23.0. The number of carbonyl (C=O) groups is 2. The second-order valence-corrected chi connectivity index (χ2v) is 7.82. The van der Waals surface area contributed by atoms with E-state index in [0.29, 0.717) is 16.9 Å². The Morgan fingerprint density at radius 1 is 1.06 bits per heavy atom. The molecule has 0 radical (unpaired) electrons. The summed E-state index contributed by atoms with van der Waals surface area (Å²) in [7, 11) is 1.50. The summed E-state index contributed by atoms with van der Waals surface area (Å²) in [6.07, 6.45) is 0. The fraction of sp³-hybridized carbons (Fsp3) is 0.120. The van der Waals surface area contributed by atoms with Crippen LogP contribution in [0.2, 0.25) is 5.02 Å². The van der Waals surface area contributed by atoms with Gasteiger partial charge in [-0.15, -0.1) is 0 Å². The van der Waals surface area contributed by atoms with Gasteiger partial charge in [0.25, 0.3) is 11.7 Å². The molecule has 1 fully saturated rings. The van der Waals surface area contributed by atoms with Crippen molar-refractivity contribution in [3.8, 4) is 5.75 Å². The minimum atomic E-state index is -0.965. The number of aliphatic hydroxyl groups is 1. The molecule has 0 bridgehead atoms. The Kier molecular flexibility index (Phi) is 5.72. The number of ketones is 1. The maximum atomic E-state index is 13.8. The Hall–Kier alpha value is -3.64. The third-order valence-corrected chi connectivity index (χ3v) is 5.65. The summed E-state index contributed by atoms with van der Waals surface area (Å²) in [5.74, 6) is -2.14. The van der Waals surface area contributed by atoms with Crippen molar-refractivity contribution < 1.29 is 23.8 Å². The molecule has 0 spiro atoms. The third kappa shape index (κ3) is 3.74. The molecule has 1 saturated heterocycles. The highest BCUT2D eigenvalue weighted by molar-refractivity contribution is 6.51. The molecule has 3 aromatic carbocycles. The molecular formula is C25H19ClFNO4. The van der Waals surface area contributed by atoms with Crippen molar-refractivity contribution in [2.75, 3.05) is 12.0 Å². The fourth-order valence-electron chi connectivity index (χ4n) is 3.73. The van der Waals surface area contributed by atoms with E-state index in [1.165, 1.54) is 24.1 Å². The molecule has 162 valence electrons. The molecule has 1 N–H and O–H groups in total. The summed E-state index contributed by atoms with van der Waals surface area (Å²) in [6.45, 7) is 1.90. The minimum Gasteiger partial charge on any atom is -0.507 e. The SMILES string of the molecule is COc1cccc(C2/C(=C(\O)c3ccc(C)cc3)C(=O)C(=O)N2c2ccc(F)c(Cl)c2)c1. The van der Waals surface area contributed by atoms with E-state index in [2.05, 4.69) is 0 Å². The van der Waals surface area contributed by atoms with Crippen molar-refractivity contribution in [3.05, 3.63) is 99.8 Å². The number of benzene rings is 3. The number of hydrogen-bond acceptors (Lipinski definition) is 4. The van der Waals surface area contributed by atoms with Crippen molar-refractivity contribution in [3.63, 3.8) is 0 Å². The number of aliphatic hydroxyl groups excluding tert-OH is 1. The van der Waals surface area contributed by atoms with Gasteiger partial charge in [-0.1, -0.05) is 53.6 Å². The largest absolute Gasteiger partial charge is 0.507 e. The number of rotatable bonds is 4. The summed E-state index contributed by atoms with van der Waals surface area (Å²) >= 11 is 5.95. The lowest BCUT2D eigenvalue weighted by atomic mass is 9.94. The molecule has 1 aliphatic rings. The van der Waals surface area contributed by atoms with E-state index in [1.54, 1.807) is 48.5 Å². The van der Waals surface area contributed by atoms with Gasteiger partial charge in [0.1, 0.15) is 17.3 Å². The van der Waals surface area contributed by atoms with Crippen LogP contribution in [0.1, 0.15) is 22.7 Å². The lowest BCUT2D eigenvalue weighted by Crippen LogP contribution is -2.29. The highest BCUT2D eigenvalue weighted by Gasteiger charge is 2.47. The summed E-state index contributed by atoms with van der Waals surface area (Å²) in [5.41, 5.74) is 2.07. The number of halogens is 2. The van der Waals surface area contributed by atoms with Gasteiger partial charge >= 0.3 is 0 Å². The highest BCUT2D eigenvalue weighted by atomic mass is 35.5. The van der Waals surface area contributed by atoms with Crippen LogP contribution in [0, 0.1) is 12.7 Å². The zero-order valence-electron chi connectivity index (χ0n) is 17.3. The number of Topliss-reactive ketones (excluding diaryl/α,β-unsaturated/α-hetero) is 1. The number of amides is 1. The number of aryl methyl sites for hydroxylation is 1. The summed E-state index contributed by atoms with van der Waals surface area (Å²) < 4.78 is 19.1. The maximum Gasteiger partial charge on any atom is 0.300 e. The second-order valence-electron chi connectivity index (χ2n) is 7.41. The molecule has 1 amide bonds. The average Bonchev–Trinajstić information content (AvgIpc) is 3.06. The van der Waals surface area contributed by atoms with Gasteiger partial charge in [0.05, 0.1) is 23.7 Å². The normalized spacial score (nSPS) is 17.6. The zero-order valence-corrected chi connectivity index (χ0v) is 18.1. The summed E-state index contributed by atoms with van der Waals surface area (Å²) in [6, 6.07) is 16.6. The van der Waals surface area contributed by atoms with Crippen LogP contribution >= 0.6 is 11.6 Å². The predicted molar refractivity (Wildman–Crippen MR) is 120 cm³/mol. The van der Waals surface area contributed by atoms with Gasteiger partial charge in [0, 0.05) is 11.3 Å². The van der Waals surface area contributed by atoms with Gasteiger partial charge < -0.3 is 9.84 Å². The Morgan fingerprint density at radius 3 is 2.44 bits per heavy atom. The van der Waals surface area contributed by atoms with Gasteiger partial charge in [0.2, 0.25) is 0 Å². The van der Waals surface area contributed by atoms with Gasteiger partial charge in [-0.25, -0.2) is 4.39 Å². The summed E-state index contributed by atoms with van der Waals surface area (Å²) in [4.78, 5) is 27.4. The van der Waals surface area contributed by atoms with Crippen molar-refractivity contribution >= 4 is 34.7 Å². The first kappa shape index (κ1) is 21.6. The third-order valence-electron chi connectivity index (χ3n) is 5.36. The second kappa shape index (κ2) is 8.48. The van der Waals surface area contributed by atoms with Crippen LogP contribution in [-0.2, 0) is 9.59 Å². The van der Waals surface area contributed by atoms with E-state index in [4.69, 9.17) is 16.3 Å². The number of nitrogens with zero attached hydrogens (tertiary/aromatic N) is 1. The number of anilines is 1. The van der Waals surface area contributed by atoms with Gasteiger partial charge in [-0.05, 0) is 42.8 Å². The van der Waals surface area contributed by atoms with Crippen LogP contribution in [0.15, 0.2) is 72.3 Å². The first-order chi connectivity index (χ1) is 15.3. The molecule has 3 aromatic rings. The standard InChI is InChI=1S/C25H19ClFNO4/c1-14-6-8-15(9-7-14)23(29)21-22(16-4-3-5-18(12-16)32-2)28(25(31)24(21)30)17-10-11-20(27)19(26)13-17/h3-13,22,29H,1-2H3/b23-21+. The molecule has 7 heteroatoms. The fourth-order valence-corrected chi connectivity index (χ4v) is 3.90. The van der Waals surface area contributed by atoms with Crippen LogP contribution in [0.3, 0.4) is 0 Å². The van der Waals surface area contributed by atoms with E-state index in [0.717, 1.165) is 11.6 Å². The van der Waals surface area contributed by atoms with Gasteiger partial charge in [0.15, 0.2) is 0 Å². The molecule has 1 atom stereocenters. The van der Waals surface area contributed by atoms with Crippen molar-refractivity contribution in [2.45, 2.75) is 13.0 Å². The van der Waals surface area contributed by atoms with E-state index in [-0.39, 0.29) is 22.0 Å². The average molecular weight is 452 g/mol. The first-order valence-electron chi connectivity index (χ1n) is 9.79. The monoisotopic (exact) mass is 451 g/mol. The van der Waals surface area contributed by atoms with Crippen LogP contribution in [0.4, 0.5) is 10.1 Å². The van der Waals surface area contributed by atoms with Crippen molar-refractivity contribution in [2.24, 2.45) is 0 Å². The predicted octanol–water partition coefficient (Wildman–Crippen LogP) is 5.42. The van der Waals surface area contributed by atoms with Crippen LogP contribution in [0.5, 0.6) is 5.75 Å². The van der Waals surface area contributed by atoms with Crippen molar-refractivity contribution in [1.29, 1.82) is 0 Å². The molecule has 4 rings (SSSR count). The van der Waals surface area contributed by atoms with E-state index < -0.39 is 23.5 Å². The molecule has 0 aliphatic carbocycles. The number of carbonyl (C=O) groups excluding carboxylic acids is 2. The smallest absolute Gasteiger partial charge is 0.300 e. The Labute approximate surface area is 189 Å². The van der Waals surface area contributed by atoms with Gasteiger partial charge in [-0.3, -0.25) is 14.5 Å². The molecular weight excluding hydrogens is 433 g/mol. The minimum absolute atomic E-state index is 0.0763. The van der Waals surface area contributed by atoms with E-state index in [1.807, 2.05) is 6.92 Å². The van der Waals surface area contributed by atoms with Crippen LogP contribution in [0.25, 0.3) is 5.76 Å². The topological polar surface area (TPSA) is 66.8 Å². The number of hydrogen-bond donors (Lipinski definition) is 1. The molecule has 1 heterocycles. The van der Waals surface area contributed by atoms with E-state index >= 15 is 0 Å². The lowest BCUT2D eigenvalue weighted by Gasteiger charge is -2.26. The Bertz CT molecular complexity index is 1250. The molecule has 32 heavy (non-hydrogen) atoms. The molecule has 5 nitrogen and oxygen atoms in total. The summed E-state index contributed by atoms with van der Waals surface area (Å²) in [5, 5.41) is 10.9. The van der Waals surface area contributed by atoms with Crippen molar-refractivity contribution in [1.82, 2.24) is 0 Å². The molecule has 0 saturated carbocycles. The maximum absolute atomic E-state index is 13.8. The number of methoxy groups -OCH3 is 1. The Balaban J connectivity index is 1.96. The molecule has 1 unspecified atom stereocenters.